The summed E-state index contributed by atoms with van der Waals surface area (Å²) in [5, 5.41) is 11.0. The smallest absolute Gasteiger partial charge is 0.345 e. The first-order valence-corrected chi connectivity index (χ1v) is 15.0. The molecule has 5 heterocycles. The first kappa shape index (κ1) is 23.2. The molecule has 5 aromatic rings. The summed E-state index contributed by atoms with van der Waals surface area (Å²) in [6.07, 6.45) is 8.25. The number of carbonyl (C=O) groups is 1. The van der Waals surface area contributed by atoms with E-state index in [4.69, 9.17) is 4.98 Å². The predicted molar refractivity (Wildman–Crippen MR) is 154 cm³/mol. The minimum atomic E-state index is -0.817. The van der Waals surface area contributed by atoms with E-state index in [9.17, 15) is 9.90 Å². The number of pyridine rings is 1. The van der Waals surface area contributed by atoms with Crippen molar-refractivity contribution >= 4 is 49.8 Å². The lowest BCUT2D eigenvalue weighted by molar-refractivity contribution is 0.0702. The molecule has 1 aliphatic carbocycles. The van der Waals surface area contributed by atoms with Gasteiger partial charge in [0.25, 0.3) is 0 Å². The first-order valence-electron chi connectivity index (χ1n) is 13.4. The van der Waals surface area contributed by atoms with E-state index in [-0.39, 0.29) is 0 Å². The number of aromatic carboxylic acids is 1. The number of benzene rings is 1. The molecule has 37 heavy (non-hydrogen) atoms. The lowest BCUT2D eigenvalue weighted by Gasteiger charge is -2.24. The van der Waals surface area contributed by atoms with Gasteiger partial charge in [0.2, 0.25) is 0 Å². The van der Waals surface area contributed by atoms with Crippen LogP contribution in [0.5, 0.6) is 0 Å². The Morgan fingerprint density at radius 2 is 1.84 bits per heavy atom. The molecule has 0 amide bonds. The highest BCUT2D eigenvalue weighted by molar-refractivity contribution is 7.21. The minimum Gasteiger partial charge on any atom is -0.477 e. The molecule has 0 atom stereocenters. The van der Waals surface area contributed by atoms with Gasteiger partial charge in [-0.3, -0.25) is 0 Å². The molecule has 1 fully saturated rings. The molecule has 0 spiro atoms. The van der Waals surface area contributed by atoms with Crippen molar-refractivity contribution in [3.63, 3.8) is 0 Å². The zero-order valence-electron chi connectivity index (χ0n) is 21.3. The molecular formula is C31H30N2O2S2. The normalized spacial score (nSPS) is 16.2. The van der Waals surface area contributed by atoms with E-state index in [1.165, 1.54) is 91.2 Å². The average Bonchev–Trinajstić information content (AvgIpc) is 3.52. The molecule has 2 aliphatic rings. The Bertz CT molecular complexity index is 1700. The van der Waals surface area contributed by atoms with E-state index in [1.807, 2.05) is 17.4 Å². The van der Waals surface area contributed by atoms with Crippen molar-refractivity contribution in [1.82, 2.24) is 9.55 Å². The number of carboxylic acids is 1. The summed E-state index contributed by atoms with van der Waals surface area (Å²) < 4.78 is 3.64. The number of hydrogen-bond acceptors (Lipinski definition) is 4. The number of fused-ring (bicyclic) bond motifs is 7. The van der Waals surface area contributed by atoms with Crippen LogP contribution in [-0.4, -0.2) is 20.6 Å². The summed E-state index contributed by atoms with van der Waals surface area (Å²) in [4.78, 5) is 20.1. The Morgan fingerprint density at radius 1 is 1.00 bits per heavy atom. The average molecular weight is 527 g/mol. The van der Waals surface area contributed by atoms with Gasteiger partial charge in [0.05, 0.1) is 27.1 Å². The monoisotopic (exact) mass is 526 g/mol. The van der Waals surface area contributed by atoms with E-state index >= 15 is 0 Å². The van der Waals surface area contributed by atoms with E-state index in [0.29, 0.717) is 10.8 Å². The van der Waals surface area contributed by atoms with Gasteiger partial charge in [-0.2, -0.15) is 0 Å². The van der Waals surface area contributed by atoms with Crippen LogP contribution >= 0.6 is 22.7 Å². The number of hydrogen-bond donors (Lipinski definition) is 1. The topological polar surface area (TPSA) is 55.1 Å². The Hall–Kier alpha value is -2.96. The summed E-state index contributed by atoms with van der Waals surface area (Å²) in [5.74, 6) is -0.317. The van der Waals surface area contributed by atoms with Crippen LogP contribution in [-0.2, 0) is 13.0 Å². The molecule has 0 saturated heterocycles. The van der Waals surface area contributed by atoms with Crippen molar-refractivity contribution < 1.29 is 9.90 Å². The number of thiophene rings is 2. The molecule has 1 aliphatic heterocycles. The second-order valence-corrected chi connectivity index (χ2v) is 13.2. The highest BCUT2D eigenvalue weighted by Gasteiger charge is 2.31. The summed E-state index contributed by atoms with van der Waals surface area (Å²) in [5.41, 5.74) is 9.93. The molecule has 0 bridgehead atoms. The van der Waals surface area contributed by atoms with E-state index in [1.54, 1.807) is 0 Å². The molecule has 188 valence electrons. The fourth-order valence-corrected chi connectivity index (χ4v) is 8.81. The zero-order chi connectivity index (χ0) is 25.3. The fourth-order valence-electron chi connectivity index (χ4n) is 6.75. The third kappa shape index (κ3) is 3.68. The fraction of sp³-hybridized carbons (Fsp3) is 0.355. The van der Waals surface area contributed by atoms with Crippen molar-refractivity contribution in [3.8, 4) is 22.5 Å². The Balaban J connectivity index is 1.45. The Kier molecular flexibility index (Phi) is 5.52. The SMILES string of the molecule is Cc1cc(-c2ccc3c4c(ccc3n2)-c2c(C3CCCCC3)c3sc(C(=O)O)cc3n2CCC4)c(C)s1. The van der Waals surface area contributed by atoms with Gasteiger partial charge in [-0.15, -0.1) is 22.7 Å². The van der Waals surface area contributed by atoms with Crippen molar-refractivity contribution in [1.29, 1.82) is 0 Å². The van der Waals surface area contributed by atoms with Crippen molar-refractivity contribution in [2.75, 3.05) is 0 Å². The van der Waals surface area contributed by atoms with Crippen molar-refractivity contribution in [3.05, 3.63) is 62.2 Å². The number of nitrogens with zero attached hydrogens (tertiary/aromatic N) is 2. The molecule has 0 unspecified atom stereocenters. The van der Waals surface area contributed by atoms with Gasteiger partial charge in [-0.1, -0.05) is 31.4 Å². The van der Waals surface area contributed by atoms with Crippen LogP contribution in [0.25, 0.3) is 43.6 Å². The molecule has 4 aromatic heterocycles. The standard InChI is InChI=1S/C31H30N2O2S2/c1-17-15-23(18(2)36-17)25-12-10-21-20-9-6-14-33-26-16-27(31(34)35)37-30(26)28(19-7-4-3-5-8-19)29(33)22(20)11-13-24(21)32-25/h10-13,15-16,19H,3-9,14H2,1-2H3,(H,34,35). The largest absolute Gasteiger partial charge is 0.477 e. The van der Waals surface area contributed by atoms with Gasteiger partial charge in [-0.25, -0.2) is 9.78 Å². The van der Waals surface area contributed by atoms with E-state index in [0.717, 1.165) is 36.1 Å². The minimum absolute atomic E-state index is 0.455. The lowest BCUT2D eigenvalue weighted by Crippen LogP contribution is -2.07. The number of aryl methyl sites for hydroxylation is 4. The van der Waals surface area contributed by atoms with Crippen molar-refractivity contribution in [2.45, 2.75) is 71.3 Å². The van der Waals surface area contributed by atoms with Crippen LogP contribution in [0.2, 0.25) is 0 Å². The van der Waals surface area contributed by atoms with E-state index < -0.39 is 5.97 Å². The van der Waals surface area contributed by atoms with Crippen LogP contribution in [0, 0.1) is 13.8 Å². The van der Waals surface area contributed by atoms with Gasteiger partial charge in [0.15, 0.2) is 0 Å². The maximum Gasteiger partial charge on any atom is 0.345 e. The van der Waals surface area contributed by atoms with Crippen LogP contribution < -0.4 is 0 Å². The Labute approximate surface area is 224 Å². The zero-order valence-corrected chi connectivity index (χ0v) is 22.9. The summed E-state index contributed by atoms with van der Waals surface area (Å²) in [6, 6.07) is 13.2. The second kappa shape index (κ2) is 8.81. The summed E-state index contributed by atoms with van der Waals surface area (Å²) >= 11 is 3.30. The molecular weight excluding hydrogens is 496 g/mol. The molecule has 4 nitrogen and oxygen atoms in total. The number of carboxylic acid groups (broad SMARTS) is 1. The van der Waals surface area contributed by atoms with Gasteiger partial charge in [0, 0.05) is 32.8 Å². The maximum atomic E-state index is 11.9. The maximum absolute atomic E-state index is 11.9. The van der Waals surface area contributed by atoms with Gasteiger partial charge in [0.1, 0.15) is 4.88 Å². The highest BCUT2D eigenvalue weighted by atomic mass is 32.1. The second-order valence-electron chi connectivity index (χ2n) is 10.7. The third-order valence-electron chi connectivity index (χ3n) is 8.36. The van der Waals surface area contributed by atoms with Crippen LogP contribution in [0.3, 0.4) is 0 Å². The molecule has 1 aromatic carbocycles. The lowest BCUT2D eigenvalue weighted by atomic mass is 9.82. The number of rotatable bonds is 3. The van der Waals surface area contributed by atoms with Crippen LogP contribution in [0.15, 0.2) is 36.4 Å². The Morgan fingerprint density at radius 3 is 2.59 bits per heavy atom. The molecule has 6 heteroatoms. The predicted octanol–water partition coefficient (Wildman–Crippen LogP) is 8.96. The first-order chi connectivity index (χ1) is 18.0. The highest BCUT2D eigenvalue weighted by Crippen LogP contribution is 2.49. The third-order valence-corrected chi connectivity index (χ3v) is 10.5. The van der Waals surface area contributed by atoms with Gasteiger partial charge >= 0.3 is 5.97 Å². The quantitative estimate of drug-likeness (QED) is 0.255. The molecule has 1 N–H and O–H groups in total. The number of aromatic nitrogens is 2. The summed E-state index contributed by atoms with van der Waals surface area (Å²) in [6.45, 7) is 5.26. The molecule has 0 radical (unpaired) electrons. The van der Waals surface area contributed by atoms with Gasteiger partial charge in [-0.05, 0) is 80.8 Å². The summed E-state index contributed by atoms with van der Waals surface area (Å²) in [7, 11) is 0. The molecule has 7 rings (SSSR count). The molecule has 1 saturated carbocycles. The van der Waals surface area contributed by atoms with E-state index in [2.05, 4.69) is 48.7 Å². The van der Waals surface area contributed by atoms with Crippen LogP contribution in [0.1, 0.15) is 75.0 Å². The van der Waals surface area contributed by atoms with Crippen molar-refractivity contribution in [2.24, 2.45) is 0 Å². The van der Waals surface area contributed by atoms with Gasteiger partial charge < -0.3 is 9.67 Å². The van der Waals surface area contributed by atoms with Crippen LogP contribution in [0.4, 0.5) is 0 Å².